The number of nitrogen functional groups attached to an aromatic ring is 1. The first-order chi connectivity index (χ1) is 19.2. The van der Waals surface area contributed by atoms with Gasteiger partial charge in [0.25, 0.3) is 0 Å². The molecule has 0 aliphatic carbocycles. The van der Waals surface area contributed by atoms with Crippen LogP contribution >= 0.6 is 0 Å². The first-order valence-corrected chi connectivity index (χ1v) is 13.1. The molecule has 3 aromatic rings. The number of alkyl halides is 3. The van der Waals surface area contributed by atoms with Gasteiger partial charge in [-0.25, -0.2) is 19.3 Å². The van der Waals surface area contributed by atoms with Crippen molar-refractivity contribution < 1.29 is 22.4 Å². The van der Waals surface area contributed by atoms with E-state index in [1.807, 2.05) is 9.47 Å². The minimum Gasteiger partial charge on any atom is -0.404 e. The number of carbonyl (C=O) groups excluding carboxylic acids is 1. The van der Waals surface area contributed by atoms with Gasteiger partial charge in [-0.15, -0.1) is 0 Å². The largest absolute Gasteiger partial charge is 0.419 e. The van der Waals surface area contributed by atoms with Crippen molar-refractivity contribution in [1.82, 2.24) is 24.4 Å². The van der Waals surface area contributed by atoms with Crippen molar-refractivity contribution >= 4 is 23.5 Å². The number of hydrogen-bond acceptors (Lipinski definition) is 8. The summed E-state index contributed by atoms with van der Waals surface area (Å²) in [6.45, 7) is 4.65. The maximum atomic E-state index is 13.9. The highest BCUT2D eigenvalue weighted by Crippen LogP contribution is 2.37. The van der Waals surface area contributed by atoms with Gasteiger partial charge in [0.1, 0.15) is 29.6 Å². The summed E-state index contributed by atoms with van der Waals surface area (Å²) in [5, 5.41) is 0. The smallest absolute Gasteiger partial charge is 0.404 e. The lowest BCUT2D eigenvalue weighted by Crippen LogP contribution is -2.39. The van der Waals surface area contributed by atoms with Crippen molar-refractivity contribution in [1.29, 1.82) is 0 Å². The highest BCUT2D eigenvalue weighted by Gasteiger charge is 2.35. The Labute approximate surface area is 228 Å². The zero-order valence-corrected chi connectivity index (χ0v) is 21.7. The molecular weight excluding hydrogens is 528 g/mol. The minimum absolute atomic E-state index is 0.0298. The Bertz CT molecular complexity index is 1410. The molecule has 2 aromatic heterocycles. The molecule has 0 unspecified atom stereocenters. The first kappa shape index (κ1) is 27.6. The third-order valence-corrected chi connectivity index (χ3v) is 7.59. The highest BCUT2D eigenvalue weighted by atomic mass is 19.4. The number of nitrogens with two attached hydrogens (primary N) is 2. The van der Waals surface area contributed by atoms with Gasteiger partial charge in [0.05, 0.1) is 16.8 Å². The van der Waals surface area contributed by atoms with Crippen molar-refractivity contribution in [3.8, 4) is 11.3 Å². The third-order valence-electron chi connectivity index (χ3n) is 7.59. The molecule has 2 fully saturated rings. The quantitative estimate of drug-likeness (QED) is 0.244. The summed E-state index contributed by atoms with van der Waals surface area (Å²) in [4.78, 5) is 29.0. The summed E-state index contributed by atoms with van der Waals surface area (Å²) in [5.41, 5.74) is 11.5. The van der Waals surface area contributed by atoms with Crippen LogP contribution in [0.3, 0.4) is 0 Å². The van der Waals surface area contributed by atoms with Crippen LogP contribution in [0.2, 0.25) is 0 Å². The van der Waals surface area contributed by atoms with E-state index in [1.54, 1.807) is 6.20 Å². The average molecular weight is 559 g/mol. The van der Waals surface area contributed by atoms with E-state index in [9.17, 15) is 22.4 Å². The average Bonchev–Trinajstić information content (AvgIpc) is 3.33. The zero-order valence-electron chi connectivity index (χ0n) is 21.7. The molecular formula is C27H30F4N8O. The Morgan fingerprint density at radius 2 is 1.85 bits per heavy atom. The molecule has 0 bridgehead atoms. The van der Waals surface area contributed by atoms with Gasteiger partial charge in [-0.3, -0.25) is 4.79 Å². The molecule has 0 saturated carbocycles. The number of nitrogens with zero attached hydrogens (tertiary/aromatic N) is 6. The summed E-state index contributed by atoms with van der Waals surface area (Å²) in [6.07, 6.45) is 2.61. The van der Waals surface area contributed by atoms with Crippen molar-refractivity contribution in [3.63, 3.8) is 0 Å². The predicted molar refractivity (Wildman–Crippen MR) is 143 cm³/mol. The standard InChI is InChI=1S/C27H30F4N8O/c28-21-3-2-18(12-20(21)27(29,30)31)22-14-39(11-10-37-6-1-7-37)25(36-22)17-4-8-38(9-5-17)26-23(19(13-32)15-40)24(33)34-16-35-26/h2-3,12-17H,1,4-11,32H2,(H2,33,34,35). The first-order valence-electron chi connectivity index (χ1n) is 13.1. The van der Waals surface area contributed by atoms with Gasteiger partial charge in [0, 0.05) is 55.6 Å². The fourth-order valence-corrected chi connectivity index (χ4v) is 5.27. The van der Waals surface area contributed by atoms with Crippen LogP contribution in [0, 0.1) is 5.82 Å². The molecule has 13 heteroatoms. The second-order valence-corrected chi connectivity index (χ2v) is 10.0. The molecule has 2 aliphatic rings. The Morgan fingerprint density at radius 1 is 1.10 bits per heavy atom. The van der Waals surface area contributed by atoms with Gasteiger partial charge in [0.15, 0.2) is 6.29 Å². The molecule has 0 spiro atoms. The summed E-state index contributed by atoms with van der Waals surface area (Å²) < 4.78 is 56.1. The summed E-state index contributed by atoms with van der Waals surface area (Å²) >= 11 is 0. The van der Waals surface area contributed by atoms with Gasteiger partial charge >= 0.3 is 6.18 Å². The van der Waals surface area contributed by atoms with Crippen LogP contribution in [-0.4, -0.2) is 63.4 Å². The molecule has 2 aliphatic heterocycles. The van der Waals surface area contributed by atoms with E-state index in [0.717, 1.165) is 44.0 Å². The van der Waals surface area contributed by atoms with Crippen molar-refractivity contribution in [2.24, 2.45) is 5.73 Å². The Hall–Kier alpha value is -4.00. The SMILES string of the molecule is NC=C(C=O)c1c(N)ncnc1N1CCC(c2nc(-c3ccc(F)c(C(F)(F)F)c3)cn2CCN2CCC2)CC1. The molecule has 2 saturated heterocycles. The molecule has 0 radical (unpaired) electrons. The fourth-order valence-electron chi connectivity index (χ4n) is 5.27. The van der Waals surface area contributed by atoms with E-state index in [2.05, 4.69) is 14.9 Å². The molecule has 212 valence electrons. The van der Waals surface area contributed by atoms with Crippen molar-refractivity contribution in [2.45, 2.75) is 37.9 Å². The van der Waals surface area contributed by atoms with Gasteiger partial charge < -0.3 is 25.8 Å². The molecule has 0 atom stereocenters. The van der Waals surface area contributed by atoms with Gasteiger partial charge in [0.2, 0.25) is 0 Å². The van der Waals surface area contributed by atoms with E-state index in [-0.39, 0.29) is 22.9 Å². The zero-order chi connectivity index (χ0) is 28.4. The second kappa shape index (κ2) is 11.2. The number of likely N-dealkylation sites (tertiary alicyclic amines) is 1. The number of hydrogen-bond donors (Lipinski definition) is 2. The number of benzene rings is 1. The van der Waals surface area contributed by atoms with Crippen LogP contribution < -0.4 is 16.4 Å². The van der Waals surface area contributed by atoms with E-state index in [1.165, 1.54) is 18.6 Å². The third kappa shape index (κ3) is 5.51. The summed E-state index contributed by atoms with van der Waals surface area (Å²) in [7, 11) is 0. The molecule has 9 nitrogen and oxygen atoms in total. The lowest BCUT2D eigenvalue weighted by Gasteiger charge is -2.34. The molecule has 4 N–H and O–H groups in total. The van der Waals surface area contributed by atoms with E-state index < -0.39 is 17.6 Å². The number of aldehydes is 1. The Balaban J connectivity index is 1.41. The van der Waals surface area contributed by atoms with Crippen molar-refractivity contribution in [2.75, 3.05) is 43.4 Å². The van der Waals surface area contributed by atoms with Crippen LogP contribution in [-0.2, 0) is 17.5 Å². The Morgan fingerprint density at radius 3 is 2.48 bits per heavy atom. The van der Waals surface area contributed by atoms with Crippen LogP contribution in [0.1, 0.15) is 42.1 Å². The lowest BCUT2D eigenvalue weighted by atomic mass is 9.95. The maximum Gasteiger partial charge on any atom is 0.419 e. The van der Waals surface area contributed by atoms with Gasteiger partial charge in [-0.2, -0.15) is 13.2 Å². The van der Waals surface area contributed by atoms with Gasteiger partial charge in [-0.05, 0) is 50.6 Å². The number of allylic oxidation sites excluding steroid dienone is 1. The molecule has 4 heterocycles. The number of halogens is 4. The van der Waals surface area contributed by atoms with Crippen LogP contribution in [0.5, 0.6) is 0 Å². The van der Waals surface area contributed by atoms with E-state index in [0.29, 0.717) is 55.8 Å². The number of carbonyl (C=O) groups is 1. The number of piperidine rings is 1. The minimum atomic E-state index is -4.80. The highest BCUT2D eigenvalue weighted by molar-refractivity contribution is 6.10. The lowest BCUT2D eigenvalue weighted by molar-refractivity contribution is -0.139. The maximum absolute atomic E-state index is 13.9. The molecule has 40 heavy (non-hydrogen) atoms. The van der Waals surface area contributed by atoms with Crippen LogP contribution in [0.4, 0.5) is 29.2 Å². The number of imidazole rings is 1. The monoisotopic (exact) mass is 558 g/mol. The van der Waals surface area contributed by atoms with Crippen molar-refractivity contribution in [3.05, 3.63) is 59.7 Å². The molecule has 1 aromatic carbocycles. The summed E-state index contributed by atoms with van der Waals surface area (Å²) in [6, 6.07) is 2.99. The predicted octanol–water partition coefficient (Wildman–Crippen LogP) is 3.67. The second-order valence-electron chi connectivity index (χ2n) is 10.0. The molecule has 5 rings (SSSR count). The Kier molecular flexibility index (Phi) is 7.74. The normalized spacial score (nSPS) is 17.2. The number of rotatable bonds is 8. The fraction of sp³-hybridized carbons (Fsp3) is 0.407. The molecule has 0 amide bonds. The number of anilines is 2. The van der Waals surface area contributed by atoms with E-state index in [4.69, 9.17) is 16.5 Å². The van der Waals surface area contributed by atoms with E-state index >= 15 is 0 Å². The summed E-state index contributed by atoms with van der Waals surface area (Å²) in [5.74, 6) is 0.170. The van der Waals surface area contributed by atoms with Crippen LogP contribution in [0.15, 0.2) is 36.9 Å². The van der Waals surface area contributed by atoms with Crippen LogP contribution in [0.25, 0.3) is 16.8 Å². The van der Waals surface area contributed by atoms with Gasteiger partial charge in [-0.1, -0.05) is 0 Å². The number of aromatic nitrogens is 4. The topological polar surface area (TPSA) is 119 Å².